The highest BCUT2D eigenvalue weighted by molar-refractivity contribution is 5.96. The van der Waals surface area contributed by atoms with Gasteiger partial charge in [0.25, 0.3) is 5.91 Å². The molecular formula is C19H20N2O3. The average molecular weight is 324 g/mol. The number of benzene rings is 2. The lowest BCUT2D eigenvalue weighted by Gasteiger charge is -2.16. The number of nitrogens with zero attached hydrogens (tertiary/aromatic N) is 1. The molecule has 1 aliphatic rings. The number of carbonyl (C=O) groups excluding carboxylic acids is 2. The molecule has 0 aliphatic carbocycles. The van der Waals surface area contributed by atoms with Gasteiger partial charge < -0.3 is 15.0 Å². The first-order chi connectivity index (χ1) is 11.5. The molecule has 0 fully saturated rings. The molecule has 2 amide bonds. The molecule has 0 spiro atoms. The van der Waals surface area contributed by atoms with Crippen molar-refractivity contribution in [2.24, 2.45) is 0 Å². The number of anilines is 2. The molecule has 3 rings (SSSR count). The minimum Gasteiger partial charge on any atom is -0.481 e. The number of nitrogens with one attached hydrogen (secondary N) is 1. The fraction of sp³-hybridized carbons (Fsp3) is 0.263. The summed E-state index contributed by atoms with van der Waals surface area (Å²) in [6, 6.07) is 14.9. The fourth-order valence-corrected chi connectivity index (χ4v) is 2.81. The molecule has 0 unspecified atom stereocenters. The van der Waals surface area contributed by atoms with E-state index in [0.29, 0.717) is 18.0 Å². The highest BCUT2D eigenvalue weighted by Crippen LogP contribution is 2.30. The van der Waals surface area contributed by atoms with Crippen LogP contribution in [0.3, 0.4) is 0 Å². The molecule has 0 saturated carbocycles. The smallest absolute Gasteiger partial charge is 0.265 e. The van der Waals surface area contributed by atoms with Crippen molar-refractivity contribution >= 4 is 23.2 Å². The molecule has 5 heteroatoms. The zero-order valence-corrected chi connectivity index (χ0v) is 13.8. The van der Waals surface area contributed by atoms with Crippen molar-refractivity contribution < 1.29 is 14.3 Å². The zero-order valence-electron chi connectivity index (χ0n) is 13.8. The Morgan fingerprint density at radius 2 is 1.92 bits per heavy atom. The summed E-state index contributed by atoms with van der Waals surface area (Å²) in [4.78, 5) is 25.6. The third-order valence-corrected chi connectivity index (χ3v) is 4.05. The second-order valence-electron chi connectivity index (χ2n) is 5.83. The zero-order chi connectivity index (χ0) is 17.1. The summed E-state index contributed by atoms with van der Waals surface area (Å²) in [5, 5.41) is 2.87. The Bertz CT molecular complexity index is 758. The van der Waals surface area contributed by atoms with Crippen molar-refractivity contribution in [1.29, 1.82) is 0 Å². The van der Waals surface area contributed by atoms with E-state index in [4.69, 9.17) is 4.74 Å². The van der Waals surface area contributed by atoms with Gasteiger partial charge in [0, 0.05) is 24.8 Å². The van der Waals surface area contributed by atoms with E-state index in [1.54, 1.807) is 18.7 Å². The molecule has 1 heterocycles. The summed E-state index contributed by atoms with van der Waals surface area (Å²) in [5.41, 5.74) is 2.71. The fourth-order valence-electron chi connectivity index (χ4n) is 2.81. The quantitative estimate of drug-likeness (QED) is 0.940. The van der Waals surface area contributed by atoms with Crippen LogP contribution in [0, 0.1) is 0 Å². The molecule has 0 bridgehead atoms. The van der Waals surface area contributed by atoms with Gasteiger partial charge in [0.1, 0.15) is 5.75 Å². The van der Waals surface area contributed by atoms with E-state index in [-0.39, 0.29) is 11.8 Å². The number of hydrogen-bond acceptors (Lipinski definition) is 3. The van der Waals surface area contributed by atoms with Crippen LogP contribution in [0.2, 0.25) is 0 Å². The van der Waals surface area contributed by atoms with Gasteiger partial charge in [0.05, 0.1) is 0 Å². The van der Waals surface area contributed by atoms with E-state index >= 15 is 0 Å². The minimum atomic E-state index is -0.602. The molecule has 5 nitrogen and oxygen atoms in total. The van der Waals surface area contributed by atoms with E-state index in [2.05, 4.69) is 5.32 Å². The van der Waals surface area contributed by atoms with Crippen molar-refractivity contribution in [1.82, 2.24) is 0 Å². The predicted octanol–water partition coefficient (Wildman–Crippen LogP) is 3.00. The van der Waals surface area contributed by atoms with E-state index in [0.717, 1.165) is 17.7 Å². The van der Waals surface area contributed by atoms with Gasteiger partial charge in [-0.2, -0.15) is 0 Å². The lowest BCUT2D eigenvalue weighted by atomic mass is 10.1. The van der Waals surface area contributed by atoms with Crippen LogP contribution in [0.25, 0.3) is 0 Å². The van der Waals surface area contributed by atoms with Crippen LogP contribution in [0.4, 0.5) is 11.4 Å². The van der Waals surface area contributed by atoms with Crippen LogP contribution in [-0.4, -0.2) is 24.5 Å². The molecular weight excluding hydrogens is 304 g/mol. The molecule has 1 atom stereocenters. The lowest BCUT2D eigenvalue weighted by molar-refractivity contribution is -0.122. The highest BCUT2D eigenvalue weighted by atomic mass is 16.5. The molecule has 0 saturated heterocycles. The standard InChI is InChI=1S/C19H20N2O3/c1-13(24-17-6-4-3-5-7-17)19(23)20-16-8-9-18-15(12-16)10-11-21(18)14(2)22/h3-9,12-13H,10-11H2,1-2H3,(H,20,23)/t13-/m0/s1. The third-order valence-electron chi connectivity index (χ3n) is 4.05. The largest absolute Gasteiger partial charge is 0.481 e. The molecule has 2 aromatic carbocycles. The summed E-state index contributed by atoms with van der Waals surface area (Å²) in [5.74, 6) is 0.488. The topological polar surface area (TPSA) is 58.6 Å². The first kappa shape index (κ1) is 16.1. The van der Waals surface area contributed by atoms with Gasteiger partial charge in [-0.3, -0.25) is 9.59 Å². The van der Waals surface area contributed by atoms with Crippen molar-refractivity contribution in [2.75, 3.05) is 16.8 Å². The Hall–Kier alpha value is -2.82. The molecule has 124 valence electrons. The highest BCUT2D eigenvalue weighted by Gasteiger charge is 2.23. The maximum absolute atomic E-state index is 12.3. The molecule has 1 aliphatic heterocycles. The van der Waals surface area contributed by atoms with Gasteiger partial charge >= 0.3 is 0 Å². The third kappa shape index (κ3) is 3.40. The Morgan fingerprint density at radius 1 is 1.17 bits per heavy atom. The van der Waals surface area contributed by atoms with Crippen LogP contribution < -0.4 is 15.0 Å². The van der Waals surface area contributed by atoms with Gasteiger partial charge in [0.2, 0.25) is 5.91 Å². The van der Waals surface area contributed by atoms with Crippen LogP contribution in [-0.2, 0) is 16.0 Å². The van der Waals surface area contributed by atoms with Gasteiger partial charge in [-0.05, 0) is 49.2 Å². The predicted molar refractivity (Wildman–Crippen MR) is 93.3 cm³/mol. The minimum absolute atomic E-state index is 0.0374. The summed E-state index contributed by atoms with van der Waals surface area (Å²) >= 11 is 0. The average Bonchev–Trinajstić information content (AvgIpc) is 2.99. The summed E-state index contributed by atoms with van der Waals surface area (Å²) in [6.07, 6.45) is 0.198. The van der Waals surface area contributed by atoms with Crippen molar-refractivity contribution in [2.45, 2.75) is 26.4 Å². The van der Waals surface area contributed by atoms with Gasteiger partial charge in [-0.25, -0.2) is 0 Å². The maximum atomic E-state index is 12.3. The number of hydrogen-bond donors (Lipinski definition) is 1. The van der Waals surface area contributed by atoms with Crippen LogP contribution in [0.1, 0.15) is 19.4 Å². The van der Waals surface area contributed by atoms with E-state index < -0.39 is 6.10 Å². The summed E-state index contributed by atoms with van der Waals surface area (Å²) in [7, 11) is 0. The molecule has 0 radical (unpaired) electrons. The number of amides is 2. The number of carbonyl (C=O) groups is 2. The Morgan fingerprint density at radius 3 is 2.62 bits per heavy atom. The van der Waals surface area contributed by atoms with Gasteiger partial charge in [-0.1, -0.05) is 18.2 Å². The maximum Gasteiger partial charge on any atom is 0.265 e. The van der Waals surface area contributed by atoms with Crippen LogP contribution in [0.5, 0.6) is 5.75 Å². The molecule has 0 aromatic heterocycles. The number of ether oxygens (including phenoxy) is 1. The van der Waals surface area contributed by atoms with E-state index in [1.807, 2.05) is 48.5 Å². The number of rotatable bonds is 4. The normalized spacial score (nSPS) is 14.0. The first-order valence-corrected chi connectivity index (χ1v) is 7.98. The molecule has 24 heavy (non-hydrogen) atoms. The molecule has 2 aromatic rings. The summed E-state index contributed by atoms with van der Waals surface area (Å²) in [6.45, 7) is 3.97. The first-order valence-electron chi connectivity index (χ1n) is 7.98. The Kier molecular flexibility index (Phi) is 4.51. The monoisotopic (exact) mass is 324 g/mol. The van der Waals surface area contributed by atoms with Gasteiger partial charge in [0.15, 0.2) is 6.10 Å². The number of para-hydroxylation sites is 1. The Labute approximate surface area is 141 Å². The second kappa shape index (κ2) is 6.74. The van der Waals surface area contributed by atoms with Crippen LogP contribution >= 0.6 is 0 Å². The van der Waals surface area contributed by atoms with Crippen LogP contribution in [0.15, 0.2) is 48.5 Å². The SMILES string of the molecule is CC(=O)N1CCc2cc(NC(=O)[C@H](C)Oc3ccccc3)ccc21. The van der Waals surface area contributed by atoms with Gasteiger partial charge in [-0.15, -0.1) is 0 Å². The lowest BCUT2D eigenvalue weighted by Crippen LogP contribution is -2.30. The van der Waals surface area contributed by atoms with Crippen molar-refractivity contribution in [3.8, 4) is 5.75 Å². The molecule has 1 N–H and O–H groups in total. The van der Waals surface area contributed by atoms with Crippen molar-refractivity contribution in [3.63, 3.8) is 0 Å². The van der Waals surface area contributed by atoms with E-state index in [1.165, 1.54) is 0 Å². The van der Waals surface area contributed by atoms with E-state index in [9.17, 15) is 9.59 Å². The summed E-state index contributed by atoms with van der Waals surface area (Å²) < 4.78 is 5.62. The van der Waals surface area contributed by atoms with Crippen molar-refractivity contribution in [3.05, 3.63) is 54.1 Å². The number of fused-ring (bicyclic) bond motifs is 1. The Balaban J connectivity index is 1.66. The second-order valence-corrected chi connectivity index (χ2v) is 5.83.